The van der Waals surface area contributed by atoms with Gasteiger partial charge in [0.15, 0.2) is 0 Å². The first-order valence-electron chi connectivity index (χ1n) is 6.63. The molecular weight excluding hydrogens is 244 g/mol. The monoisotopic (exact) mass is 266 g/mol. The highest BCUT2D eigenvalue weighted by atomic mass is 16.5. The lowest BCUT2D eigenvalue weighted by Crippen LogP contribution is -2.01. The summed E-state index contributed by atoms with van der Waals surface area (Å²) < 4.78 is 10.2. The van der Waals surface area contributed by atoms with Crippen LogP contribution in [-0.4, -0.2) is 31.4 Å². The zero-order valence-electron chi connectivity index (χ0n) is 11.4. The molecule has 0 aliphatic rings. The van der Waals surface area contributed by atoms with Crippen molar-refractivity contribution in [2.24, 2.45) is 0 Å². The maximum Gasteiger partial charge on any atom is 0.337 e. The molecule has 0 radical (unpaired) electrons. The Morgan fingerprint density at radius 2 is 1.79 bits per heavy atom. The highest BCUT2D eigenvalue weighted by Crippen LogP contribution is 2.07. The minimum Gasteiger partial charge on any atom is -0.465 e. The quantitative estimate of drug-likeness (QED) is 0.551. The molecule has 1 rings (SSSR count). The van der Waals surface area contributed by atoms with Gasteiger partial charge >= 0.3 is 5.97 Å². The summed E-state index contributed by atoms with van der Waals surface area (Å²) in [6.07, 6.45) is 4.02. The Morgan fingerprint density at radius 3 is 2.42 bits per heavy atom. The molecule has 0 spiro atoms. The fraction of sp³-hybridized carbons (Fsp3) is 0.533. The average Bonchev–Trinajstić information content (AvgIpc) is 2.46. The molecule has 0 heterocycles. The van der Waals surface area contributed by atoms with Gasteiger partial charge in [0.2, 0.25) is 0 Å². The Bertz CT molecular complexity index is 359. The maximum atomic E-state index is 11.2. The third-order valence-electron chi connectivity index (χ3n) is 2.84. The lowest BCUT2D eigenvalue weighted by atomic mass is 10.1. The molecule has 0 aromatic heterocycles. The van der Waals surface area contributed by atoms with E-state index in [4.69, 9.17) is 9.84 Å². The van der Waals surface area contributed by atoms with Crippen molar-refractivity contribution in [3.8, 4) is 0 Å². The summed E-state index contributed by atoms with van der Waals surface area (Å²) in [7, 11) is 1.37. The van der Waals surface area contributed by atoms with Gasteiger partial charge in [0, 0.05) is 13.2 Å². The summed E-state index contributed by atoms with van der Waals surface area (Å²) >= 11 is 0. The second-order valence-electron chi connectivity index (χ2n) is 4.38. The molecule has 0 aliphatic heterocycles. The number of carbonyl (C=O) groups is 1. The molecule has 0 bridgehead atoms. The summed E-state index contributed by atoms with van der Waals surface area (Å²) in [6.45, 7) is 1.55. The summed E-state index contributed by atoms with van der Waals surface area (Å²) in [6, 6.07) is 7.23. The van der Waals surface area contributed by atoms with Gasteiger partial charge < -0.3 is 14.6 Å². The third kappa shape index (κ3) is 6.36. The molecule has 1 aromatic rings. The molecule has 0 aliphatic carbocycles. The predicted octanol–water partition coefficient (Wildman–Crippen LogP) is 2.54. The lowest BCUT2D eigenvalue weighted by molar-refractivity contribution is 0.0600. The van der Waals surface area contributed by atoms with Crippen LogP contribution in [0.25, 0.3) is 0 Å². The van der Waals surface area contributed by atoms with Gasteiger partial charge in [0.1, 0.15) is 0 Å². The molecule has 19 heavy (non-hydrogen) atoms. The number of rotatable bonds is 9. The molecule has 106 valence electrons. The number of ether oxygens (including phenoxy) is 2. The first-order valence-corrected chi connectivity index (χ1v) is 6.63. The van der Waals surface area contributed by atoms with E-state index in [1.807, 2.05) is 12.1 Å². The van der Waals surface area contributed by atoms with Crippen LogP contribution in [-0.2, 0) is 16.1 Å². The van der Waals surface area contributed by atoms with Crippen molar-refractivity contribution >= 4 is 5.97 Å². The summed E-state index contributed by atoms with van der Waals surface area (Å²) in [5, 5.41) is 8.63. The van der Waals surface area contributed by atoms with Crippen LogP contribution in [0.5, 0.6) is 0 Å². The highest BCUT2D eigenvalue weighted by Gasteiger charge is 2.04. The van der Waals surface area contributed by atoms with Gasteiger partial charge in [0.05, 0.1) is 19.3 Å². The van der Waals surface area contributed by atoms with Gasteiger partial charge in [-0.1, -0.05) is 25.0 Å². The number of unbranched alkanes of at least 4 members (excludes halogenated alkanes) is 3. The van der Waals surface area contributed by atoms with E-state index in [0.717, 1.165) is 37.9 Å². The van der Waals surface area contributed by atoms with Crippen LogP contribution in [0.2, 0.25) is 0 Å². The van der Waals surface area contributed by atoms with E-state index >= 15 is 0 Å². The third-order valence-corrected chi connectivity index (χ3v) is 2.84. The van der Waals surface area contributed by atoms with Crippen LogP contribution < -0.4 is 0 Å². The van der Waals surface area contributed by atoms with Crippen LogP contribution in [0.4, 0.5) is 0 Å². The second-order valence-corrected chi connectivity index (χ2v) is 4.38. The van der Waals surface area contributed by atoms with Crippen molar-refractivity contribution in [3.63, 3.8) is 0 Å². The first kappa shape index (κ1) is 15.7. The fourth-order valence-electron chi connectivity index (χ4n) is 1.71. The van der Waals surface area contributed by atoms with Crippen LogP contribution in [0.15, 0.2) is 24.3 Å². The molecule has 0 atom stereocenters. The van der Waals surface area contributed by atoms with Crippen LogP contribution >= 0.6 is 0 Å². The first-order chi connectivity index (χ1) is 9.27. The zero-order valence-corrected chi connectivity index (χ0v) is 11.4. The van der Waals surface area contributed by atoms with Gasteiger partial charge in [-0.25, -0.2) is 4.79 Å². The van der Waals surface area contributed by atoms with Gasteiger partial charge in [-0.15, -0.1) is 0 Å². The molecular formula is C15H22O4. The molecule has 1 aromatic carbocycles. The van der Waals surface area contributed by atoms with E-state index in [1.165, 1.54) is 7.11 Å². The number of aliphatic hydroxyl groups is 1. The van der Waals surface area contributed by atoms with E-state index in [1.54, 1.807) is 12.1 Å². The molecule has 4 nitrogen and oxygen atoms in total. The number of esters is 1. The van der Waals surface area contributed by atoms with Crippen molar-refractivity contribution in [3.05, 3.63) is 35.4 Å². The second kappa shape index (κ2) is 9.53. The van der Waals surface area contributed by atoms with Crippen LogP contribution in [0, 0.1) is 0 Å². The Morgan fingerprint density at radius 1 is 1.11 bits per heavy atom. The van der Waals surface area contributed by atoms with E-state index in [2.05, 4.69) is 4.74 Å². The normalized spacial score (nSPS) is 10.4. The number of aliphatic hydroxyl groups excluding tert-OH is 1. The van der Waals surface area contributed by atoms with Crippen LogP contribution in [0.3, 0.4) is 0 Å². The number of carbonyl (C=O) groups excluding carboxylic acids is 1. The largest absolute Gasteiger partial charge is 0.465 e. The molecule has 0 saturated heterocycles. The van der Waals surface area contributed by atoms with Crippen molar-refractivity contribution in [1.29, 1.82) is 0 Å². The van der Waals surface area contributed by atoms with E-state index in [9.17, 15) is 4.79 Å². The molecule has 1 N–H and O–H groups in total. The SMILES string of the molecule is COC(=O)c1ccc(COCCCCCCO)cc1. The highest BCUT2D eigenvalue weighted by molar-refractivity contribution is 5.89. The smallest absolute Gasteiger partial charge is 0.337 e. The van der Waals surface area contributed by atoms with E-state index in [0.29, 0.717) is 12.2 Å². The lowest BCUT2D eigenvalue weighted by Gasteiger charge is -2.05. The number of hydrogen-bond donors (Lipinski definition) is 1. The Hall–Kier alpha value is -1.39. The molecule has 0 saturated carbocycles. The summed E-state index contributed by atoms with van der Waals surface area (Å²) in [5.41, 5.74) is 1.60. The van der Waals surface area contributed by atoms with Crippen molar-refractivity contribution in [1.82, 2.24) is 0 Å². The Labute approximate surface area is 114 Å². The van der Waals surface area contributed by atoms with E-state index < -0.39 is 0 Å². The molecule has 0 unspecified atom stereocenters. The van der Waals surface area contributed by atoms with Gasteiger partial charge in [0.25, 0.3) is 0 Å². The van der Waals surface area contributed by atoms with Crippen LogP contribution in [0.1, 0.15) is 41.6 Å². The Balaban J connectivity index is 2.18. The molecule has 0 fully saturated rings. The predicted molar refractivity (Wildman–Crippen MR) is 73.0 cm³/mol. The fourth-order valence-corrected chi connectivity index (χ4v) is 1.71. The van der Waals surface area contributed by atoms with Gasteiger partial charge in [-0.2, -0.15) is 0 Å². The van der Waals surface area contributed by atoms with Gasteiger partial charge in [-0.3, -0.25) is 0 Å². The van der Waals surface area contributed by atoms with Crippen molar-refractivity contribution in [2.45, 2.75) is 32.3 Å². The number of methoxy groups -OCH3 is 1. The van der Waals surface area contributed by atoms with Crippen molar-refractivity contribution in [2.75, 3.05) is 20.3 Å². The minimum atomic E-state index is -0.323. The zero-order chi connectivity index (χ0) is 13.9. The molecule has 4 heteroatoms. The maximum absolute atomic E-state index is 11.2. The van der Waals surface area contributed by atoms with E-state index in [-0.39, 0.29) is 12.6 Å². The summed E-state index contributed by atoms with van der Waals surface area (Å²) in [4.78, 5) is 11.2. The molecule has 0 amide bonds. The number of hydrogen-bond acceptors (Lipinski definition) is 4. The Kier molecular flexibility index (Phi) is 7.86. The summed E-state index contributed by atoms with van der Waals surface area (Å²) in [5.74, 6) is -0.323. The average molecular weight is 266 g/mol. The minimum absolute atomic E-state index is 0.271. The number of benzene rings is 1. The van der Waals surface area contributed by atoms with Crippen molar-refractivity contribution < 1.29 is 19.4 Å². The topological polar surface area (TPSA) is 55.8 Å². The standard InChI is InChI=1S/C15H22O4/c1-18-15(17)14-8-6-13(7-9-14)12-19-11-5-3-2-4-10-16/h6-9,16H,2-5,10-12H2,1H3. The van der Waals surface area contributed by atoms with Gasteiger partial charge in [-0.05, 0) is 30.5 Å².